The summed E-state index contributed by atoms with van der Waals surface area (Å²) in [5, 5.41) is 27.1. The third-order valence-electron chi connectivity index (χ3n) is 7.03. The molecule has 6 N–H and O–H groups in total. The van der Waals surface area contributed by atoms with Crippen LogP contribution in [0.25, 0.3) is 0 Å². The number of benzene rings is 1. The van der Waals surface area contributed by atoms with Gasteiger partial charge in [-0.05, 0) is 18.2 Å². The maximum Gasteiger partial charge on any atom is 0.275 e. The van der Waals surface area contributed by atoms with E-state index >= 15 is 0 Å². The lowest BCUT2D eigenvalue weighted by atomic mass is 10.2. The first-order chi connectivity index (χ1) is 22.9. The third kappa shape index (κ3) is 8.58. The zero-order chi connectivity index (χ0) is 35.0. The Morgan fingerprint density at radius 3 is 2.12 bits per heavy atom. The average Bonchev–Trinajstić information content (AvgIpc) is 3.73. The van der Waals surface area contributed by atoms with Gasteiger partial charge in [0.1, 0.15) is 17.1 Å². The van der Waals surface area contributed by atoms with Gasteiger partial charge in [-0.15, -0.1) is 23.2 Å². The smallest absolute Gasteiger partial charge is 0.275 e. The van der Waals surface area contributed by atoms with E-state index in [-0.39, 0.29) is 65.4 Å². The molecule has 4 rings (SSSR count). The Morgan fingerprint density at radius 1 is 0.854 bits per heavy atom. The molecule has 3 heterocycles. The van der Waals surface area contributed by atoms with Crippen molar-refractivity contribution in [3.8, 4) is 0 Å². The minimum atomic E-state index is -0.585. The molecule has 0 saturated carbocycles. The highest BCUT2D eigenvalue weighted by atomic mass is 35.5. The quantitative estimate of drug-likeness (QED) is 0.0539. The van der Waals surface area contributed by atoms with Gasteiger partial charge in [0.05, 0.1) is 11.5 Å². The maximum atomic E-state index is 13.6. The van der Waals surface area contributed by atoms with Crippen molar-refractivity contribution >= 4 is 70.0 Å². The number of aryl methyl sites for hydroxylation is 3. The first-order valence-corrected chi connectivity index (χ1v) is 15.7. The molecule has 3 aromatic heterocycles. The number of nitrogens with one attached hydrogen (secondary N) is 4. The SMILES string of the molecule is Cn1cc(NC(=O)c2cc(NC(=O)c3cc(N(C(=O)c4ccccc4)N(CCCl)CCCl)nn3C)nn2C)cc1C(=O)NCCC(=N)N. The number of alkyl halides is 2. The number of hydrazine groups is 1. The van der Waals surface area contributed by atoms with Crippen LogP contribution in [0, 0.1) is 5.41 Å². The molecule has 4 aromatic rings. The summed E-state index contributed by atoms with van der Waals surface area (Å²) in [6, 6.07) is 13.0. The van der Waals surface area contributed by atoms with Crippen molar-refractivity contribution in [3.05, 3.63) is 77.4 Å². The standard InChI is InChI=1S/C30H36Cl2N12O4/c1-40-18-20(15-21(40)27(45)35-12-9-24(33)34)36-28(46)22-16-25(38-41(22)2)37-29(47)23-17-26(39-42(23)3)44(43(13-10-31)14-11-32)30(48)19-7-5-4-6-8-19/h4-8,15-18H,9-14H2,1-3H3,(H3,33,34)(H,35,45)(H,36,46)(H,37,38,47). The molecule has 4 amide bonds. The van der Waals surface area contributed by atoms with E-state index in [1.54, 1.807) is 67.2 Å². The Bertz CT molecular complexity index is 1790. The summed E-state index contributed by atoms with van der Waals surface area (Å²) in [4.78, 5) is 52.6. The van der Waals surface area contributed by atoms with Crippen LogP contribution in [0.5, 0.6) is 0 Å². The highest BCUT2D eigenvalue weighted by molar-refractivity contribution is 6.18. The average molecular weight is 700 g/mol. The lowest BCUT2D eigenvalue weighted by Crippen LogP contribution is -2.49. The molecule has 18 heteroatoms. The molecule has 16 nitrogen and oxygen atoms in total. The fourth-order valence-corrected chi connectivity index (χ4v) is 5.12. The highest BCUT2D eigenvalue weighted by Gasteiger charge is 2.28. The van der Waals surface area contributed by atoms with Crippen molar-refractivity contribution < 1.29 is 19.2 Å². The van der Waals surface area contributed by atoms with Crippen LogP contribution in [-0.4, -0.2) is 90.0 Å². The van der Waals surface area contributed by atoms with E-state index in [1.165, 1.54) is 32.6 Å². The second-order valence-electron chi connectivity index (χ2n) is 10.5. The maximum absolute atomic E-state index is 13.6. The zero-order valence-electron chi connectivity index (χ0n) is 26.5. The predicted molar refractivity (Wildman–Crippen MR) is 183 cm³/mol. The molecule has 48 heavy (non-hydrogen) atoms. The van der Waals surface area contributed by atoms with Crippen LogP contribution >= 0.6 is 23.2 Å². The molecule has 0 aliphatic rings. The second-order valence-corrected chi connectivity index (χ2v) is 11.3. The fourth-order valence-electron chi connectivity index (χ4n) is 4.73. The summed E-state index contributed by atoms with van der Waals surface area (Å²) in [5.74, 6) is -1.21. The van der Waals surface area contributed by atoms with Crippen molar-refractivity contribution in [3.63, 3.8) is 0 Å². The third-order valence-corrected chi connectivity index (χ3v) is 7.37. The van der Waals surface area contributed by atoms with Gasteiger partial charge in [-0.1, -0.05) is 18.2 Å². The number of aromatic nitrogens is 5. The van der Waals surface area contributed by atoms with Crippen LogP contribution in [0.15, 0.2) is 54.7 Å². The molecule has 0 radical (unpaired) electrons. The monoisotopic (exact) mass is 698 g/mol. The number of amides is 4. The van der Waals surface area contributed by atoms with Crippen molar-refractivity contribution in [2.75, 3.05) is 47.0 Å². The van der Waals surface area contributed by atoms with Crippen LogP contribution in [0.1, 0.15) is 48.2 Å². The van der Waals surface area contributed by atoms with Gasteiger partial charge in [0.15, 0.2) is 11.6 Å². The molecule has 0 unspecified atom stereocenters. The van der Waals surface area contributed by atoms with E-state index in [1.807, 2.05) is 0 Å². The molecule has 0 spiro atoms. The molecule has 0 fully saturated rings. The molecule has 1 aromatic carbocycles. The van der Waals surface area contributed by atoms with Gasteiger partial charge < -0.3 is 26.3 Å². The summed E-state index contributed by atoms with van der Waals surface area (Å²) < 4.78 is 4.18. The minimum Gasteiger partial charge on any atom is -0.388 e. The van der Waals surface area contributed by atoms with E-state index in [2.05, 4.69) is 26.1 Å². The summed E-state index contributed by atoms with van der Waals surface area (Å²) in [7, 11) is 4.76. The van der Waals surface area contributed by atoms with Gasteiger partial charge in [-0.2, -0.15) is 10.2 Å². The highest BCUT2D eigenvalue weighted by Crippen LogP contribution is 2.22. The molecular weight excluding hydrogens is 663 g/mol. The van der Waals surface area contributed by atoms with E-state index < -0.39 is 11.8 Å². The molecule has 0 bridgehead atoms. The number of nitrogens with two attached hydrogens (primary N) is 1. The number of halogens is 2. The fraction of sp³-hybridized carbons (Fsp3) is 0.300. The van der Waals surface area contributed by atoms with Crippen LogP contribution in [0.2, 0.25) is 0 Å². The van der Waals surface area contributed by atoms with Gasteiger partial charge in [0.2, 0.25) is 0 Å². The van der Waals surface area contributed by atoms with Gasteiger partial charge in [-0.25, -0.2) is 10.0 Å². The van der Waals surface area contributed by atoms with Gasteiger partial charge >= 0.3 is 0 Å². The van der Waals surface area contributed by atoms with Crippen LogP contribution in [0.3, 0.4) is 0 Å². The molecule has 0 aliphatic carbocycles. The number of nitrogens with zero attached hydrogens (tertiary/aromatic N) is 7. The van der Waals surface area contributed by atoms with Gasteiger partial charge in [-0.3, -0.25) is 34.0 Å². The van der Waals surface area contributed by atoms with Gasteiger partial charge in [0, 0.05) is 82.9 Å². The number of amidine groups is 1. The molecule has 0 aliphatic heterocycles. The second kappa shape index (κ2) is 16.1. The lowest BCUT2D eigenvalue weighted by Gasteiger charge is -2.32. The minimum absolute atomic E-state index is 0.0403. The van der Waals surface area contributed by atoms with Crippen molar-refractivity contribution in [2.45, 2.75) is 6.42 Å². The Hall–Kier alpha value is -5.19. The molecule has 254 valence electrons. The number of hydrogen-bond donors (Lipinski definition) is 5. The van der Waals surface area contributed by atoms with E-state index in [0.29, 0.717) is 30.0 Å². The van der Waals surface area contributed by atoms with Crippen molar-refractivity contribution in [1.29, 1.82) is 5.41 Å². The topological polar surface area (TPSA) is 201 Å². The number of hydrogen-bond acceptors (Lipinski definition) is 8. The number of carbonyl (C=O) groups excluding carboxylic acids is 4. The Labute approximate surface area is 286 Å². The van der Waals surface area contributed by atoms with Crippen LogP contribution in [-0.2, 0) is 21.1 Å². The predicted octanol–water partition coefficient (Wildman–Crippen LogP) is 2.39. The van der Waals surface area contributed by atoms with Crippen LogP contribution in [0.4, 0.5) is 17.3 Å². The first-order valence-electron chi connectivity index (χ1n) is 14.7. The molecule has 0 saturated heterocycles. The van der Waals surface area contributed by atoms with Gasteiger partial charge in [0.25, 0.3) is 23.6 Å². The summed E-state index contributed by atoms with van der Waals surface area (Å²) in [6.45, 7) is 0.792. The summed E-state index contributed by atoms with van der Waals surface area (Å²) in [5.41, 5.74) is 6.63. The van der Waals surface area contributed by atoms with E-state index in [4.69, 9.17) is 34.3 Å². The number of rotatable bonds is 15. The van der Waals surface area contributed by atoms with E-state index in [9.17, 15) is 19.2 Å². The van der Waals surface area contributed by atoms with E-state index in [0.717, 1.165) is 0 Å². The van der Waals surface area contributed by atoms with Crippen LogP contribution < -0.4 is 26.7 Å². The largest absolute Gasteiger partial charge is 0.388 e. The lowest BCUT2D eigenvalue weighted by molar-refractivity contribution is 0.0899. The Balaban J connectivity index is 1.50. The van der Waals surface area contributed by atoms with Crippen molar-refractivity contribution in [2.24, 2.45) is 26.9 Å². The Morgan fingerprint density at radius 2 is 1.48 bits per heavy atom. The Kier molecular flexibility index (Phi) is 11.9. The molecular formula is C30H36Cl2N12O4. The zero-order valence-corrected chi connectivity index (χ0v) is 28.0. The summed E-state index contributed by atoms with van der Waals surface area (Å²) >= 11 is 12.1. The normalized spacial score (nSPS) is 11.0. The number of anilines is 3. The van der Waals surface area contributed by atoms with Crippen molar-refractivity contribution in [1.82, 2.24) is 34.5 Å². The number of carbonyl (C=O) groups is 4. The first kappa shape index (κ1) is 35.7. The molecule has 0 atom stereocenters. The summed E-state index contributed by atoms with van der Waals surface area (Å²) in [6.07, 6.45) is 1.79.